The summed E-state index contributed by atoms with van der Waals surface area (Å²) in [5, 5.41) is 3.39. The highest BCUT2D eigenvalue weighted by molar-refractivity contribution is 7.81. The van der Waals surface area contributed by atoms with Crippen LogP contribution in [0.1, 0.15) is 15.9 Å². The van der Waals surface area contributed by atoms with Gasteiger partial charge in [-0.1, -0.05) is 53.6 Å². The van der Waals surface area contributed by atoms with Gasteiger partial charge in [0.15, 0.2) is 5.15 Å². The number of hydrogen-bond acceptors (Lipinski definition) is 3. The highest BCUT2D eigenvalue weighted by Gasteiger charge is 2.13. The SMILES string of the molecule is NC(=O)c1ccccc1C(=S)Nc1ccc(Cl)nc1Cl. The van der Waals surface area contributed by atoms with Crippen molar-refractivity contribution in [3.8, 4) is 0 Å². The summed E-state index contributed by atoms with van der Waals surface area (Å²) in [4.78, 5) is 15.6. The lowest BCUT2D eigenvalue weighted by molar-refractivity contribution is 0.1000. The van der Waals surface area contributed by atoms with E-state index in [1.165, 1.54) is 0 Å². The highest BCUT2D eigenvalue weighted by Crippen LogP contribution is 2.23. The van der Waals surface area contributed by atoms with Crippen molar-refractivity contribution in [2.75, 3.05) is 5.32 Å². The molecule has 20 heavy (non-hydrogen) atoms. The van der Waals surface area contributed by atoms with Gasteiger partial charge in [0.25, 0.3) is 0 Å². The minimum Gasteiger partial charge on any atom is -0.366 e. The van der Waals surface area contributed by atoms with Crippen molar-refractivity contribution >= 4 is 52.0 Å². The minimum absolute atomic E-state index is 0.191. The number of carbonyl (C=O) groups is 1. The third kappa shape index (κ3) is 3.25. The number of thiocarbonyl (C=S) groups is 1. The monoisotopic (exact) mass is 325 g/mol. The molecular weight excluding hydrogens is 317 g/mol. The highest BCUT2D eigenvalue weighted by atomic mass is 35.5. The first kappa shape index (κ1) is 14.7. The molecule has 0 bridgehead atoms. The van der Waals surface area contributed by atoms with Crippen LogP contribution in [0, 0.1) is 0 Å². The zero-order chi connectivity index (χ0) is 14.7. The summed E-state index contributed by atoms with van der Waals surface area (Å²) in [5.41, 5.74) is 6.68. The standard InChI is InChI=1S/C13H9Cl2N3OS/c14-10-6-5-9(11(15)18-10)17-13(20)8-4-2-1-3-7(8)12(16)19/h1-6H,(H2,16,19)(H,17,20). The van der Waals surface area contributed by atoms with Gasteiger partial charge in [-0.15, -0.1) is 0 Å². The number of aromatic nitrogens is 1. The number of amides is 1. The average Bonchev–Trinajstić information content (AvgIpc) is 2.41. The minimum atomic E-state index is -0.551. The third-order valence-corrected chi connectivity index (χ3v) is 3.32. The largest absolute Gasteiger partial charge is 0.366 e. The van der Waals surface area contributed by atoms with E-state index < -0.39 is 5.91 Å². The first-order chi connectivity index (χ1) is 9.49. The van der Waals surface area contributed by atoms with Crippen LogP contribution in [-0.2, 0) is 0 Å². The van der Waals surface area contributed by atoms with Gasteiger partial charge < -0.3 is 11.1 Å². The molecule has 0 spiro atoms. The number of rotatable bonds is 3. The van der Waals surface area contributed by atoms with Crippen LogP contribution in [0.15, 0.2) is 36.4 Å². The number of nitrogens with two attached hydrogens (primary N) is 1. The van der Waals surface area contributed by atoms with Crippen molar-refractivity contribution in [2.24, 2.45) is 5.73 Å². The zero-order valence-corrected chi connectivity index (χ0v) is 12.4. The Labute approximate surface area is 130 Å². The summed E-state index contributed by atoms with van der Waals surface area (Å²) >= 11 is 16.9. The van der Waals surface area contributed by atoms with Crippen molar-refractivity contribution < 1.29 is 4.79 Å². The van der Waals surface area contributed by atoms with Crippen LogP contribution in [-0.4, -0.2) is 15.9 Å². The summed E-state index contributed by atoms with van der Waals surface area (Å²) in [7, 11) is 0. The first-order valence-corrected chi connectivity index (χ1v) is 6.67. The van der Waals surface area contributed by atoms with Gasteiger partial charge in [0.05, 0.1) is 5.69 Å². The number of hydrogen-bond donors (Lipinski definition) is 2. The molecule has 102 valence electrons. The van der Waals surface area contributed by atoms with Crippen molar-refractivity contribution in [1.82, 2.24) is 4.98 Å². The molecule has 1 aromatic carbocycles. The summed E-state index contributed by atoms with van der Waals surface area (Å²) in [6, 6.07) is 10.0. The maximum atomic E-state index is 11.4. The Morgan fingerprint density at radius 1 is 1.15 bits per heavy atom. The maximum Gasteiger partial charge on any atom is 0.249 e. The van der Waals surface area contributed by atoms with Gasteiger partial charge in [-0.25, -0.2) is 4.98 Å². The molecule has 2 aromatic rings. The Kier molecular flexibility index (Phi) is 4.54. The number of primary amides is 1. The summed E-state index contributed by atoms with van der Waals surface area (Å²) in [5.74, 6) is -0.551. The van der Waals surface area contributed by atoms with E-state index in [-0.39, 0.29) is 10.3 Å². The molecule has 1 heterocycles. The van der Waals surface area contributed by atoms with Gasteiger partial charge in [-0.2, -0.15) is 0 Å². The fourth-order valence-corrected chi connectivity index (χ4v) is 2.27. The molecule has 1 aromatic heterocycles. The van der Waals surface area contributed by atoms with Crippen molar-refractivity contribution in [2.45, 2.75) is 0 Å². The molecule has 3 N–H and O–H groups in total. The summed E-state index contributed by atoms with van der Waals surface area (Å²) in [6.45, 7) is 0. The third-order valence-electron chi connectivity index (χ3n) is 2.50. The second kappa shape index (κ2) is 6.17. The van der Waals surface area contributed by atoms with Crippen molar-refractivity contribution in [3.63, 3.8) is 0 Å². The van der Waals surface area contributed by atoms with E-state index in [1.54, 1.807) is 36.4 Å². The maximum absolute atomic E-state index is 11.4. The summed E-state index contributed by atoms with van der Waals surface area (Å²) < 4.78 is 0. The van der Waals surface area contributed by atoms with E-state index in [2.05, 4.69) is 10.3 Å². The van der Waals surface area contributed by atoms with Crippen LogP contribution < -0.4 is 11.1 Å². The van der Waals surface area contributed by atoms with Gasteiger partial charge in [0.2, 0.25) is 5.91 Å². The molecule has 2 rings (SSSR count). The molecule has 0 saturated heterocycles. The Morgan fingerprint density at radius 2 is 1.80 bits per heavy atom. The first-order valence-electron chi connectivity index (χ1n) is 5.51. The molecule has 0 aliphatic carbocycles. The Balaban J connectivity index is 2.31. The molecule has 7 heteroatoms. The fourth-order valence-electron chi connectivity index (χ4n) is 1.59. The van der Waals surface area contributed by atoms with Gasteiger partial charge >= 0.3 is 0 Å². The lowest BCUT2D eigenvalue weighted by atomic mass is 10.1. The molecule has 0 unspecified atom stereocenters. The predicted molar refractivity (Wildman–Crippen MR) is 84.5 cm³/mol. The lowest BCUT2D eigenvalue weighted by Crippen LogP contribution is -2.19. The van der Waals surface area contributed by atoms with Crippen molar-refractivity contribution in [3.05, 3.63) is 57.8 Å². The van der Waals surface area contributed by atoms with Crippen LogP contribution in [0.4, 0.5) is 5.69 Å². The topological polar surface area (TPSA) is 68.0 Å². The smallest absolute Gasteiger partial charge is 0.249 e. The van der Waals surface area contributed by atoms with E-state index in [9.17, 15) is 4.79 Å². The quantitative estimate of drug-likeness (QED) is 0.671. The Bertz CT molecular complexity index is 691. The molecule has 0 fully saturated rings. The Hall–Kier alpha value is -1.69. The van der Waals surface area contributed by atoms with Gasteiger partial charge in [-0.05, 0) is 18.2 Å². The van der Waals surface area contributed by atoms with Crippen LogP contribution in [0.2, 0.25) is 10.3 Å². The average molecular weight is 326 g/mol. The second-order valence-electron chi connectivity index (χ2n) is 3.84. The van der Waals surface area contributed by atoms with Gasteiger partial charge in [-0.3, -0.25) is 4.79 Å². The molecular formula is C13H9Cl2N3OS. The van der Waals surface area contributed by atoms with Crippen LogP contribution in [0.25, 0.3) is 0 Å². The fraction of sp³-hybridized carbons (Fsp3) is 0. The van der Waals surface area contributed by atoms with Crippen LogP contribution in [0.5, 0.6) is 0 Å². The normalized spacial score (nSPS) is 10.1. The van der Waals surface area contributed by atoms with E-state index in [0.29, 0.717) is 21.8 Å². The number of anilines is 1. The Morgan fingerprint density at radius 3 is 2.40 bits per heavy atom. The van der Waals surface area contributed by atoms with Crippen LogP contribution >= 0.6 is 35.4 Å². The molecule has 0 aliphatic rings. The molecule has 1 amide bonds. The van der Waals surface area contributed by atoms with Crippen molar-refractivity contribution in [1.29, 1.82) is 0 Å². The summed E-state index contributed by atoms with van der Waals surface area (Å²) in [6.07, 6.45) is 0. The molecule has 4 nitrogen and oxygen atoms in total. The number of carbonyl (C=O) groups excluding carboxylic acids is 1. The molecule has 0 aliphatic heterocycles. The number of halogens is 2. The van der Waals surface area contributed by atoms with Crippen LogP contribution in [0.3, 0.4) is 0 Å². The zero-order valence-electron chi connectivity index (χ0n) is 10.1. The molecule has 0 atom stereocenters. The lowest BCUT2D eigenvalue weighted by Gasteiger charge is -2.11. The van der Waals surface area contributed by atoms with Gasteiger partial charge in [0.1, 0.15) is 10.1 Å². The van der Waals surface area contributed by atoms with E-state index >= 15 is 0 Å². The predicted octanol–water partition coefficient (Wildman–Crippen LogP) is 3.27. The van der Waals surface area contributed by atoms with E-state index in [1.807, 2.05) is 0 Å². The number of benzene rings is 1. The molecule has 0 radical (unpaired) electrons. The number of nitrogens with one attached hydrogen (secondary N) is 1. The molecule has 0 saturated carbocycles. The van der Waals surface area contributed by atoms with E-state index in [4.69, 9.17) is 41.2 Å². The second-order valence-corrected chi connectivity index (χ2v) is 4.99. The number of nitrogens with zero attached hydrogens (tertiary/aromatic N) is 1. The van der Waals surface area contributed by atoms with E-state index in [0.717, 1.165) is 0 Å². The van der Waals surface area contributed by atoms with Gasteiger partial charge in [0, 0.05) is 11.1 Å². The number of pyridine rings is 1.